The van der Waals surface area contributed by atoms with Crippen LogP contribution in [-0.2, 0) is 0 Å². The van der Waals surface area contributed by atoms with Crippen molar-refractivity contribution in [3.63, 3.8) is 0 Å². The predicted octanol–water partition coefficient (Wildman–Crippen LogP) is 1.97. The Labute approximate surface area is 112 Å². The van der Waals surface area contributed by atoms with E-state index in [1.165, 1.54) is 25.3 Å². The molecule has 1 aromatic rings. The molecule has 0 fully saturated rings. The zero-order valence-electron chi connectivity index (χ0n) is 11.5. The minimum atomic E-state index is -0.614. The molecular formula is C14H20FNO3. The molecule has 0 spiro atoms. The third-order valence-corrected chi connectivity index (χ3v) is 2.94. The maximum Gasteiger partial charge on any atom is 0.258 e. The molecule has 5 heteroatoms. The summed E-state index contributed by atoms with van der Waals surface area (Å²) in [5, 5.41) is 11.6. The van der Waals surface area contributed by atoms with Gasteiger partial charge >= 0.3 is 0 Å². The van der Waals surface area contributed by atoms with E-state index >= 15 is 0 Å². The van der Waals surface area contributed by atoms with Gasteiger partial charge in [0.1, 0.15) is 17.1 Å². The van der Waals surface area contributed by atoms with Gasteiger partial charge < -0.3 is 15.2 Å². The SMILES string of the molecule is COc1cccc(F)c1C(=O)NCC(C)(C)CCO. The molecule has 1 amide bonds. The quantitative estimate of drug-likeness (QED) is 0.830. The number of aliphatic hydroxyl groups is 1. The zero-order valence-corrected chi connectivity index (χ0v) is 11.5. The molecule has 0 bridgehead atoms. The maximum atomic E-state index is 13.7. The minimum Gasteiger partial charge on any atom is -0.496 e. The molecule has 0 aliphatic heterocycles. The van der Waals surface area contributed by atoms with Gasteiger partial charge in [-0.1, -0.05) is 19.9 Å². The van der Waals surface area contributed by atoms with Crippen LogP contribution in [0.4, 0.5) is 4.39 Å². The van der Waals surface area contributed by atoms with Crippen LogP contribution in [0.1, 0.15) is 30.6 Å². The fourth-order valence-electron chi connectivity index (χ4n) is 1.69. The first-order valence-corrected chi connectivity index (χ1v) is 6.13. The van der Waals surface area contributed by atoms with Crippen molar-refractivity contribution in [3.8, 4) is 5.75 Å². The summed E-state index contributed by atoms with van der Waals surface area (Å²) < 4.78 is 18.7. The number of carbonyl (C=O) groups excluding carboxylic acids is 1. The number of hydrogen-bond donors (Lipinski definition) is 2. The lowest BCUT2D eigenvalue weighted by molar-refractivity contribution is 0.0921. The Morgan fingerprint density at radius 3 is 2.74 bits per heavy atom. The zero-order chi connectivity index (χ0) is 14.5. The van der Waals surface area contributed by atoms with Gasteiger partial charge in [-0.25, -0.2) is 4.39 Å². The largest absolute Gasteiger partial charge is 0.496 e. The molecule has 0 unspecified atom stereocenters. The second-order valence-electron chi connectivity index (χ2n) is 5.14. The monoisotopic (exact) mass is 269 g/mol. The number of amides is 1. The molecule has 1 aromatic carbocycles. The molecule has 1 rings (SSSR count). The number of ether oxygens (including phenoxy) is 1. The van der Waals surface area contributed by atoms with Crippen LogP contribution in [-0.4, -0.2) is 31.3 Å². The summed E-state index contributed by atoms with van der Waals surface area (Å²) in [5.74, 6) is -0.921. The van der Waals surface area contributed by atoms with Crippen molar-refractivity contribution in [3.05, 3.63) is 29.6 Å². The normalized spacial score (nSPS) is 11.2. The number of rotatable bonds is 6. The van der Waals surface area contributed by atoms with E-state index in [-0.39, 0.29) is 23.3 Å². The van der Waals surface area contributed by atoms with Gasteiger partial charge in [-0.05, 0) is 24.0 Å². The van der Waals surface area contributed by atoms with Crippen molar-refractivity contribution < 1.29 is 19.0 Å². The Morgan fingerprint density at radius 2 is 2.16 bits per heavy atom. The van der Waals surface area contributed by atoms with E-state index in [9.17, 15) is 9.18 Å². The fraction of sp³-hybridized carbons (Fsp3) is 0.500. The fourth-order valence-corrected chi connectivity index (χ4v) is 1.69. The summed E-state index contributed by atoms with van der Waals surface area (Å²) in [6.45, 7) is 4.24. The third-order valence-electron chi connectivity index (χ3n) is 2.94. The van der Waals surface area contributed by atoms with Gasteiger partial charge in [0.15, 0.2) is 0 Å². The topological polar surface area (TPSA) is 58.6 Å². The molecule has 0 aliphatic carbocycles. The summed E-state index contributed by atoms with van der Waals surface area (Å²) in [4.78, 5) is 12.0. The van der Waals surface area contributed by atoms with Crippen molar-refractivity contribution >= 4 is 5.91 Å². The van der Waals surface area contributed by atoms with Crippen LogP contribution in [0.2, 0.25) is 0 Å². The minimum absolute atomic E-state index is 0.0475. The molecule has 4 nitrogen and oxygen atoms in total. The van der Waals surface area contributed by atoms with E-state index in [1.807, 2.05) is 13.8 Å². The Kier molecular flexibility index (Phi) is 5.30. The molecule has 106 valence electrons. The highest BCUT2D eigenvalue weighted by Gasteiger charge is 2.22. The third kappa shape index (κ3) is 4.21. The van der Waals surface area contributed by atoms with E-state index in [1.54, 1.807) is 0 Å². The molecule has 0 aromatic heterocycles. The van der Waals surface area contributed by atoms with Gasteiger partial charge in [0.25, 0.3) is 5.91 Å². The highest BCUT2D eigenvalue weighted by molar-refractivity contribution is 5.97. The molecule has 0 atom stereocenters. The molecule has 0 saturated heterocycles. The van der Waals surface area contributed by atoms with Crippen molar-refractivity contribution in [2.75, 3.05) is 20.3 Å². The Bertz CT molecular complexity index is 446. The van der Waals surface area contributed by atoms with Crippen molar-refractivity contribution in [2.24, 2.45) is 5.41 Å². The van der Waals surface area contributed by atoms with Gasteiger partial charge in [-0.3, -0.25) is 4.79 Å². The van der Waals surface area contributed by atoms with Crippen molar-refractivity contribution in [1.29, 1.82) is 0 Å². The maximum absolute atomic E-state index is 13.7. The summed E-state index contributed by atoms with van der Waals surface area (Å²) >= 11 is 0. The van der Waals surface area contributed by atoms with Crippen LogP contribution in [0.15, 0.2) is 18.2 Å². The highest BCUT2D eigenvalue weighted by atomic mass is 19.1. The first-order valence-electron chi connectivity index (χ1n) is 6.13. The molecule has 0 aliphatic rings. The summed E-state index contributed by atoms with van der Waals surface area (Å²) in [6, 6.07) is 4.24. The van der Waals surface area contributed by atoms with Crippen LogP contribution < -0.4 is 10.1 Å². The van der Waals surface area contributed by atoms with E-state index in [2.05, 4.69) is 5.32 Å². The van der Waals surface area contributed by atoms with Gasteiger partial charge in [0, 0.05) is 13.2 Å². The predicted molar refractivity (Wildman–Crippen MR) is 70.8 cm³/mol. The first kappa shape index (κ1) is 15.4. The number of methoxy groups -OCH3 is 1. The Morgan fingerprint density at radius 1 is 1.47 bits per heavy atom. The smallest absolute Gasteiger partial charge is 0.258 e. The number of nitrogens with one attached hydrogen (secondary N) is 1. The standard InChI is InChI=1S/C14H20FNO3/c1-14(2,7-8-17)9-16-13(18)12-10(15)5-4-6-11(12)19-3/h4-6,17H,7-9H2,1-3H3,(H,16,18). The van der Waals surface area contributed by atoms with Crippen molar-refractivity contribution in [1.82, 2.24) is 5.32 Å². The van der Waals surface area contributed by atoms with E-state index in [4.69, 9.17) is 9.84 Å². The lowest BCUT2D eigenvalue weighted by Gasteiger charge is -2.24. The number of aliphatic hydroxyl groups excluding tert-OH is 1. The van der Waals surface area contributed by atoms with Crippen LogP contribution in [0.25, 0.3) is 0 Å². The van der Waals surface area contributed by atoms with E-state index in [0.29, 0.717) is 13.0 Å². The summed E-state index contributed by atoms with van der Waals surface area (Å²) in [5.41, 5.74) is -0.340. The highest BCUT2D eigenvalue weighted by Crippen LogP contribution is 2.22. The second-order valence-corrected chi connectivity index (χ2v) is 5.14. The van der Waals surface area contributed by atoms with Gasteiger partial charge in [0.2, 0.25) is 0 Å². The molecule has 0 radical (unpaired) electrons. The van der Waals surface area contributed by atoms with Crippen LogP contribution in [0.3, 0.4) is 0 Å². The Hall–Kier alpha value is -1.62. The van der Waals surface area contributed by atoms with Gasteiger partial charge in [-0.2, -0.15) is 0 Å². The lowest BCUT2D eigenvalue weighted by Crippen LogP contribution is -2.35. The van der Waals surface area contributed by atoms with E-state index < -0.39 is 11.7 Å². The second kappa shape index (κ2) is 6.52. The average Bonchev–Trinajstić information content (AvgIpc) is 2.35. The Balaban J connectivity index is 2.79. The van der Waals surface area contributed by atoms with Crippen molar-refractivity contribution in [2.45, 2.75) is 20.3 Å². The molecule has 0 heterocycles. The number of hydrogen-bond acceptors (Lipinski definition) is 3. The molecule has 19 heavy (non-hydrogen) atoms. The summed E-state index contributed by atoms with van der Waals surface area (Å²) in [6.07, 6.45) is 0.557. The van der Waals surface area contributed by atoms with Crippen LogP contribution in [0, 0.1) is 11.2 Å². The first-order chi connectivity index (χ1) is 8.91. The van der Waals surface area contributed by atoms with E-state index in [0.717, 1.165) is 0 Å². The number of halogens is 1. The van der Waals surface area contributed by atoms with Crippen LogP contribution in [0.5, 0.6) is 5.75 Å². The average molecular weight is 269 g/mol. The lowest BCUT2D eigenvalue weighted by atomic mass is 9.89. The molecule has 2 N–H and O–H groups in total. The van der Waals surface area contributed by atoms with Gasteiger partial charge in [-0.15, -0.1) is 0 Å². The molecular weight excluding hydrogens is 249 g/mol. The van der Waals surface area contributed by atoms with Crippen LogP contribution >= 0.6 is 0 Å². The number of carbonyl (C=O) groups is 1. The summed E-state index contributed by atoms with van der Waals surface area (Å²) in [7, 11) is 1.39. The molecule has 0 saturated carbocycles. The number of benzene rings is 1. The van der Waals surface area contributed by atoms with Gasteiger partial charge in [0.05, 0.1) is 7.11 Å².